The zero-order valence-corrected chi connectivity index (χ0v) is 17.2. The summed E-state index contributed by atoms with van der Waals surface area (Å²) < 4.78 is 2.53. The van der Waals surface area contributed by atoms with Gasteiger partial charge in [-0.05, 0) is 62.2 Å². The molecular formula is C22H22N4O2S. The summed E-state index contributed by atoms with van der Waals surface area (Å²) >= 11 is 5.28. The molecule has 1 aromatic heterocycles. The van der Waals surface area contributed by atoms with Crippen LogP contribution in [0.25, 0.3) is 0 Å². The molecule has 0 spiro atoms. The number of nitrogens with zero attached hydrogens (tertiary/aromatic N) is 2. The maximum Gasteiger partial charge on any atom is 0.252 e. The van der Waals surface area contributed by atoms with Crippen LogP contribution >= 0.6 is 12.2 Å². The lowest BCUT2D eigenvalue weighted by Gasteiger charge is -2.11. The molecule has 6 nitrogen and oxygen atoms in total. The molecule has 3 aromatic rings. The largest absolute Gasteiger partial charge is 0.345 e. The number of carbonyl (C=O) groups excluding carboxylic acids is 2. The highest BCUT2D eigenvalue weighted by Gasteiger charge is 2.27. The summed E-state index contributed by atoms with van der Waals surface area (Å²) in [6, 6.07) is 12.8. The molecule has 1 saturated carbocycles. The second-order valence-electron chi connectivity index (χ2n) is 7.40. The second kappa shape index (κ2) is 7.75. The Kier molecular flexibility index (Phi) is 5.15. The van der Waals surface area contributed by atoms with Crippen LogP contribution in [0.4, 0.5) is 0 Å². The summed E-state index contributed by atoms with van der Waals surface area (Å²) in [5.74, 6) is 0.220. The number of aromatic amines is 1. The molecule has 148 valence electrons. The number of nitrogens with one attached hydrogen (secondary N) is 2. The van der Waals surface area contributed by atoms with Crippen LogP contribution < -0.4 is 5.32 Å². The standard InChI is InChI=1S/C22H22N4O2S/c1-13-7-8-15(11-14(13)2)20(27)17-5-3-4-6-18(17)21(28)23-12-19-24-25-22(29)26(19)16-9-10-16/h3-8,11,16H,9-10,12H2,1-2H3,(H,23,28)(H,25,29). The highest BCUT2D eigenvalue weighted by molar-refractivity contribution is 7.71. The van der Waals surface area contributed by atoms with Crippen molar-refractivity contribution in [2.75, 3.05) is 0 Å². The van der Waals surface area contributed by atoms with Crippen molar-refractivity contribution < 1.29 is 9.59 Å². The quantitative estimate of drug-likeness (QED) is 0.478. The van der Waals surface area contributed by atoms with Crippen LogP contribution in [0.2, 0.25) is 0 Å². The summed E-state index contributed by atoms with van der Waals surface area (Å²) in [5, 5.41) is 9.90. The third-order valence-corrected chi connectivity index (χ3v) is 5.57. The number of hydrogen-bond donors (Lipinski definition) is 2. The molecule has 1 heterocycles. The first-order valence-corrected chi connectivity index (χ1v) is 10.0. The van der Waals surface area contributed by atoms with Gasteiger partial charge in [0.2, 0.25) is 0 Å². The zero-order chi connectivity index (χ0) is 20.5. The molecule has 0 atom stereocenters. The van der Waals surface area contributed by atoms with Crippen LogP contribution in [0.1, 0.15) is 62.1 Å². The third-order valence-electron chi connectivity index (χ3n) is 5.28. The number of benzene rings is 2. The number of H-pyrrole nitrogens is 1. The van der Waals surface area contributed by atoms with E-state index in [2.05, 4.69) is 15.5 Å². The highest BCUT2D eigenvalue weighted by Crippen LogP contribution is 2.35. The van der Waals surface area contributed by atoms with Gasteiger partial charge in [0.25, 0.3) is 5.91 Å². The minimum absolute atomic E-state index is 0.167. The van der Waals surface area contributed by atoms with Gasteiger partial charge in [-0.25, -0.2) is 0 Å². The Labute approximate surface area is 174 Å². The van der Waals surface area contributed by atoms with Crippen molar-refractivity contribution >= 4 is 23.9 Å². The van der Waals surface area contributed by atoms with E-state index in [1.807, 2.05) is 30.5 Å². The second-order valence-corrected chi connectivity index (χ2v) is 7.79. The first kappa shape index (κ1) is 19.3. The number of aromatic nitrogens is 3. The van der Waals surface area contributed by atoms with E-state index in [1.165, 1.54) is 0 Å². The SMILES string of the molecule is Cc1ccc(C(=O)c2ccccc2C(=O)NCc2n[nH]c(=S)n2C2CC2)cc1C. The lowest BCUT2D eigenvalue weighted by molar-refractivity contribution is 0.0938. The van der Waals surface area contributed by atoms with Crippen molar-refractivity contribution in [1.29, 1.82) is 0 Å². The minimum Gasteiger partial charge on any atom is -0.345 e. The van der Waals surface area contributed by atoms with Crippen molar-refractivity contribution in [2.45, 2.75) is 39.3 Å². The Balaban J connectivity index is 1.56. The van der Waals surface area contributed by atoms with Crippen molar-refractivity contribution in [2.24, 2.45) is 0 Å². The van der Waals surface area contributed by atoms with Gasteiger partial charge in [-0.2, -0.15) is 5.10 Å². The van der Waals surface area contributed by atoms with Gasteiger partial charge in [-0.1, -0.05) is 30.3 Å². The number of aryl methyl sites for hydroxylation is 2. The fourth-order valence-corrected chi connectivity index (χ4v) is 3.64. The minimum atomic E-state index is -0.311. The van der Waals surface area contributed by atoms with Crippen LogP contribution in [0, 0.1) is 18.6 Å². The first-order valence-electron chi connectivity index (χ1n) is 9.60. The molecular weight excluding hydrogens is 384 g/mol. The molecule has 2 aromatic carbocycles. The zero-order valence-electron chi connectivity index (χ0n) is 16.4. The van der Waals surface area contributed by atoms with Crippen molar-refractivity contribution in [1.82, 2.24) is 20.1 Å². The first-order chi connectivity index (χ1) is 14.0. The summed E-state index contributed by atoms with van der Waals surface area (Å²) in [6.07, 6.45) is 2.14. The summed E-state index contributed by atoms with van der Waals surface area (Å²) in [6.45, 7) is 4.22. The molecule has 1 amide bonds. The number of hydrogen-bond acceptors (Lipinski definition) is 4. The van der Waals surface area contributed by atoms with Gasteiger partial charge in [-0.15, -0.1) is 0 Å². The van der Waals surface area contributed by atoms with Gasteiger partial charge in [0.1, 0.15) is 0 Å². The number of carbonyl (C=O) groups is 2. The van der Waals surface area contributed by atoms with Gasteiger partial charge < -0.3 is 5.32 Å². The Morgan fingerprint density at radius 3 is 2.55 bits per heavy atom. The van der Waals surface area contributed by atoms with Crippen LogP contribution in [0.15, 0.2) is 42.5 Å². The van der Waals surface area contributed by atoms with Crippen molar-refractivity contribution in [3.05, 3.63) is 80.9 Å². The monoisotopic (exact) mass is 406 g/mol. The summed E-state index contributed by atoms with van der Waals surface area (Å²) in [5.41, 5.74) is 3.47. The Morgan fingerprint density at radius 1 is 1.14 bits per heavy atom. The van der Waals surface area contributed by atoms with Gasteiger partial charge in [0.15, 0.2) is 16.4 Å². The maximum atomic E-state index is 13.0. The number of rotatable bonds is 6. The predicted molar refractivity (Wildman–Crippen MR) is 113 cm³/mol. The molecule has 0 saturated heterocycles. The van der Waals surface area contributed by atoms with Crippen molar-refractivity contribution in [3.63, 3.8) is 0 Å². The lowest BCUT2D eigenvalue weighted by Crippen LogP contribution is -2.26. The highest BCUT2D eigenvalue weighted by atomic mass is 32.1. The van der Waals surface area contributed by atoms with E-state index in [4.69, 9.17) is 12.2 Å². The molecule has 0 bridgehead atoms. The van der Waals surface area contributed by atoms with E-state index in [0.717, 1.165) is 24.0 Å². The fourth-order valence-electron chi connectivity index (χ4n) is 3.34. The number of ketones is 1. The molecule has 7 heteroatoms. The lowest BCUT2D eigenvalue weighted by atomic mass is 9.95. The Hall–Kier alpha value is -3.06. The average molecular weight is 407 g/mol. The molecule has 4 rings (SSSR count). The van der Waals surface area contributed by atoms with Gasteiger partial charge >= 0.3 is 0 Å². The van der Waals surface area contributed by atoms with E-state index in [0.29, 0.717) is 33.3 Å². The van der Waals surface area contributed by atoms with Crippen LogP contribution in [-0.2, 0) is 6.54 Å². The van der Waals surface area contributed by atoms with Crippen LogP contribution in [0.3, 0.4) is 0 Å². The molecule has 0 unspecified atom stereocenters. The number of amides is 1. The average Bonchev–Trinajstić information content (AvgIpc) is 3.49. The van der Waals surface area contributed by atoms with E-state index in [9.17, 15) is 9.59 Å². The molecule has 1 fully saturated rings. The third kappa shape index (κ3) is 3.91. The molecule has 2 N–H and O–H groups in total. The molecule has 0 radical (unpaired) electrons. The van der Waals surface area contributed by atoms with Gasteiger partial charge in [0.05, 0.1) is 12.1 Å². The molecule has 1 aliphatic rings. The van der Waals surface area contributed by atoms with E-state index in [-0.39, 0.29) is 18.2 Å². The smallest absolute Gasteiger partial charge is 0.252 e. The van der Waals surface area contributed by atoms with Gasteiger partial charge in [-0.3, -0.25) is 19.3 Å². The van der Waals surface area contributed by atoms with Crippen LogP contribution in [-0.4, -0.2) is 26.5 Å². The van der Waals surface area contributed by atoms with E-state index >= 15 is 0 Å². The summed E-state index contributed by atoms with van der Waals surface area (Å²) in [4.78, 5) is 25.9. The Morgan fingerprint density at radius 2 is 1.86 bits per heavy atom. The molecule has 0 aliphatic heterocycles. The molecule has 29 heavy (non-hydrogen) atoms. The molecule has 1 aliphatic carbocycles. The van der Waals surface area contributed by atoms with E-state index < -0.39 is 0 Å². The predicted octanol–water partition coefficient (Wildman–Crippen LogP) is 4.05. The van der Waals surface area contributed by atoms with Gasteiger partial charge in [0, 0.05) is 17.2 Å². The topological polar surface area (TPSA) is 79.8 Å². The maximum absolute atomic E-state index is 13.0. The fraction of sp³-hybridized carbons (Fsp3) is 0.273. The Bertz CT molecular complexity index is 1160. The normalized spacial score (nSPS) is 13.3. The summed E-state index contributed by atoms with van der Waals surface area (Å²) in [7, 11) is 0. The van der Waals surface area contributed by atoms with E-state index in [1.54, 1.807) is 30.3 Å². The van der Waals surface area contributed by atoms with Crippen LogP contribution in [0.5, 0.6) is 0 Å². The van der Waals surface area contributed by atoms with Crippen molar-refractivity contribution in [3.8, 4) is 0 Å².